The first-order valence-corrected chi connectivity index (χ1v) is 6.87. The summed E-state index contributed by atoms with van der Waals surface area (Å²) in [7, 11) is -3.76. The zero-order valence-electron chi connectivity index (χ0n) is 9.76. The van der Waals surface area contributed by atoms with Crippen LogP contribution in [0, 0.1) is 17.1 Å². The molecule has 2 N–H and O–H groups in total. The van der Waals surface area contributed by atoms with Crippen molar-refractivity contribution in [2.45, 2.75) is 12.2 Å². The summed E-state index contributed by atoms with van der Waals surface area (Å²) in [4.78, 5) is 10.3. The van der Waals surface area contributed by atoms with Crippen molar-refractivity contribution in [3.63, 3.8) is 0 Å². The lowest BCUT2D eigenvalue weighted by molar-refractivity contribution is -0.136. The molecule has 8 heteroatoms. The maximum atomic E-state index is 12.9. The largest absolute Gasteiger partial charge is 0.481 e. The lowest BCUT2D eigenvalue weighted by atomic mass is 10.1. The molecule has 1 aromatic carbocycles. The molecule has 19 heavy (non-hydrogen) atoms. The van der Waals surface area contributed by atoms with Crippen LogP contribution in [0.4, 0.5) is 4.39 Å². The summed E-state index contributed by atoms with van der Waals surface area (Å²) < 4.78 is 38.2. The normalized spacial score (nSPS) is 10.9. The minimum absolute atomic E-state index is 0.0661. The van der Waals surface area contributed by atoms with E-state index < -0.39 is 27.6 Å². The molecule has 0 aliphatic heterocycles. The van der Waals surface area contributed by atoms with Gasteiger partial charge in [-0.05, 0) is 17.7 Å². The maximum absolute atomic E-state index is 12.9. The summed E-state index contributed by atoms with van der Waals surface area (Å²) in [6.45, 7) is -0.235. The second-order valence-corrected chi connectivity index (χ2v) is 5.52. The molecule has 0 atom stereocenters. The van der Waals surface area contributed by atoms with E-state index in [2.05, 4.69) is 4.72 Å². The van der Waals surface area contributed by atoms with Gasteiger partial charge in [0.2, 0.25) is 10.0 Å². The number of sulfonamides is 1. The molecule has 0 aromatic heterocycles. The van der Waals surface area contributed by atoms with Gasteiger partial charge in [0.05, 0.1) is 23.8 Å². The van der Waals surface area contributed by atoms with E-state index in [9.17, 15) is 17.6 Å². The van der Waals surface area contributed by atoms with Crippen LogP contribution in [0.1, 0.15) is 17.5 Å². The highest BCUT2D eigenvalue weighted by Gasteiger charge is 2.15. The highest BCUT2D eigenvalue weighted by atomic mass is 32.2. The van der Waals surface area contributed by atoms with E-state index in [1.165, 1.54) is 6.07 Å². The summed E-state index contributed by atoms with van der Waals surface area (Å²) in [5.41, 5.74) is 0.0929. The molecule has 0 radical (unpaired) electrons. The number of nitriles is 1. The molecule has 0 aliphatic rings. The SMILES string of the molecule is N#Cc1cc(F)ccc1CS(=O)(=O)NCCC(=O)O. The number of halogens is 1. The first kappa shape index (κ1) is 15.1. The molecule has 0 amide bonds. The van der Waals surface area contributed by atoms with Gasteiger partial charge in [-0.1, -0.05) is 6.07 Å². The number of benzene rings is 1. The van der Waals surface area contributed by atoms with Gasteiger partial charge in [0.1, 0.15) is 5.82 Å². The Labute approximate surface area is 109 Å². The minimum atomic E-state index is -3.76. The Bertz CT molecular complexity index is 622. The number of hydrogen-bond acceptors (Lipinski definition) is 4. The molecule has 0 heterocycles. The van der Waals surface area contributed by atoms with Crippen LogP contribution < -0.4 is 4.72 Å². The zero-order valence-corrected chi connectivity index (χ0v) is 10.6. The Morgan fingerprint density at radius 2 is 2.16 bits per heavy atom. The van der Waals surface area contributed by atoms with Gasteiger partial charge in [-0.15, -0.1) is 0 Å². The van der Waals surface area contributed by atoms with E-state index in [4.69, 9.17) is 10.4 Å². The standard InChI is InChI=1S/C11H11FN2O4S/c12-10-2-1-8(9(5-10)6-13)7-19(17,18)14-4-3-11(15)16/h1-2,5,14H,3-4,7H2,(H,15,16). The van der Waals surface area contributed by atoms with Crippen LogP contribution in [0.2, 0.25) is 0 Å². The molecule has 0 bridgehead atoms. The zero-order chi connectivity index (χ0) is 14.5. The van der Waals surface area contributed by atoms with Gasteiger partial charge < -0.3 is 5.11 Å². The van der Waals surface area contributed by atoms with E-state index in [1.807, 2.05) is 0 Å². The first-order valence-electron chi connectivity index (χ1n) is 5.22. The molecule has 102 valence electrons. The Balaban J connectivity index is 2.79. The molecule has 0 aliphatic carbocycles. The Kier molecular flexibility index (Phi) is 4.97. The van der Waals surface area contributed by atoms with Gasteiger partial charge in [-0.25, -0.2) is 17.5 Å². The van der Waals surface area contributed by atoms with Crippen molar-refractivity contribution in [2.24, 2.45) is 0 Å². The molecule has 0 unspecified atom stereocenters. The highest BCUT2D eigenvalue weighted by molar-refractivity contribution is 7.88. The third kappa shape index (κ3) is 5.03. The van der Waals surface area contributed by atoms with Gasteiger partial charge >= 0.3 is 5.97 Å². The van der Waals surface area contributed by atoms with Gasteiger partial charge in [0.25, 0.3) is 0 Å². The average Bonchev–Trinajstić information content (AvgIpc) is 2.30. The quantitative estimate of drug-likeness (QED) is 0.796. The van der Waals surface area contributed by atoms with Gasteiger partial charge in [-0.3, -0.25) is 4.79 Å². The van der Waals surface area contributed by atoms with Gasteiger partial charge in [0.15, 0.2) is 0 Å². The van der Waals surface area contributed by atoms with E-state index in [-0.39, 0.29) is 24.1 Å². The van der Waals surface area contributed by atoms with Crippen LogP contribution in [-0.2, 0) is 20.6 Å². The lowest BCUT2D eigenvalue weighted by Gasteiger charge is -2.07. The average molecular weight is 286 g/mol. The Morgan fingerprint density at radius 3 is 2.74 bits per heavy atom. The van der Waals surface area contributed by atoms with Crippen molar-refractivity contribution in [2.75, 3.05) is 6.54 Å². The number of nitrogens with zero attached hydrogens (tertiary/aromatic N) is 1. The van der Waals surface area contributed by atoms with Crippen LogP contribution in [0.5, 0.6) is 0 Å². The number of hydrogen-bond donors (Lipinski definition) is 2. The minimum Gasteiger partial charge on any atom is -0.481 e. The van der Waals surface area contributed by atoms with Gasteiger partial charge in [-0.2, -0.15) is 5.26 Å². The van der Waals surface area contributed by atoms with E-state index in [0.717, 1.165) is 12.1 Å². The fourth-order valence-corrected chi connectivity index (χ4v) is 2.52. The van der Waals surface area contributed by atoms with Crippen LogP contribution in [0.15, 0.2) is 18.2 Å². The number of carbonyl (C=O) groups is 1. The van der Waals surface area contributed by atoms with Crippen LogP contribution in [0.25, 0.3) is 0 Å². The lowest BCUT2D eigenvalue weighted by Crippen LogP contribution is -2.27. The topological polar surface area (TPSA) is 107 Å². The molecule has 0 saturated heterocycles. The van der Waals surface area contributed by atoms with Crippen molar-refractivity contribution in [3.8, 4) is 6.07 Å². The predicted molar refractivity (Wildman–Crippen MR) is 64.0 cm³/mol. The number of nitrogens with one attached hydrogen (secondary N) is 1. The predicted octanol–water partition coefficient (Wildman–Crippen LogP) is 0.591. The van der Waals surface area contributed by atoms with Crippen LogP contribution in [0.3, 0.4) is 0 Å². The van der Waals surface area contributed by atoms with Crippen molar-refractivity contribution >= 4 is 16.0 Å². The summed E-state index contributed by atoms with van der Waals surface area (Å²) in [5.74, 6) is -2.26. The van der Waals surface area contributed by atoms with Crippen molar-refractivity contribution in [3.05, 3.63) is 35.1 Å². The maximum Gasteiger partial charge on any atom is 0.304 e. The van der Waals surface area contributed by atoms with E-state index in [1.54, 1.807) is 6.07 Å². The molecular formula is C11H11FN2O4S. The van der Waals surface area contributed by atoms with E-state index in [0.29, 0.717) is 0 Å². The van der Waals surface area contributed by atoms with Crippen molar-refractivity contribution in [1.29, 1.82) is 5.26 Å². The number of aliphatic carboxylic acids is 1. The van der Waals surface area contributed by atoms with Crippen molar-refractivity contribution < 1.29 is 22.7 Å². The summed E-state index contributed by atoms with van der Waals surface area (Å²) in [6, 6.07) is 4.92. The fourth-order valence-electron chi connectivity index (χ4n) is 1.35. The van der Waals surface area contributed by atoms with E-state index >= 15 is 0 Å². The van der Waals surface area contributed by atoms with Crippen LogP contribution >= 0.6 is 0 Å². The smallest absolute Gasteiger partial charge is 0.304 e. The molecule has 1 aromatic rings. The third-order valence-electron chi connectivity index (χ3n) is 2.20. The number of rotatable bonds is 6. The molecular weight excluding hydrogens is 275 g/mol. The summed E-state index contributed by atoms with van der Waals surface area (Å²) in [6.07, 6.45) is -0.340. The Hall–Kier alpha value is -1.98. The Morgan fingerprint density at radius 1 is 1.47 bits per heavy atom. The second kappa shape index (κ2) is 6.26. The van der Waals surface area contributed by atoms with Crippen molar-refractivity contribution in [1.82, 2.24) is 4.72 Å². The third-order valence-corrected chi connectivity index (χ3v) is 3.53. The monoisotopic (exact) mass is 286 g/mol. The molecule has 0 spiro atoms. The number of carboxylic acids is 1. The summed E-state index contributed by atoms with van der Waals surface area (Å²) >= 11 is 0. The molecule has 1 rings (SSSR count). The van der Waals surface area contributed by atoms with Gasteiger partial charge in [0, 0.05) is 6.54 Å². The number of carboxylic acid groups (broad SMARTS) is 1. The second-order valence-electron chi connectivity index (χ2n) is 3.71. The fraction of sp³-hybridized carbons (Fsp3) is 0.273. The molecule has 0 fully saturated rings. The molecule has 6 nitrogen and oxygen atoms in total. The first-order chi connectivity index (χ1) is 8.84. The van der Waals surface area contributed by atoms with Crippen LogP contribution in [-0.4, -0.2) is 26.0 Å². The highest BCUT2D eigenvalue weighted by Crippen LogP contribution is 2.13. The summed E-state index contributed by atoms with van der Waals surface area (Å²) in [5, 5.41) is 17.2. The molecule has 0 saturated carbocycles.